The first-order valence-corrected chi connectivity index (χ1v) is 13.7. The van der Waals surface area contributed by atoms with Gasteiger partial charge in [0.05, 0.1) is 13.1 Å². The quantitative estimate of drug-likeness (QED) is 0.239. The van der Waals surface area contributed by atoms with Crippen LogP contribution in [-0.4, -0.2) is 24.9 Å². The summed E-state index contributed by atoms with van der Waals surface area (Å²) in [5.74, 6) is 0.559. The number of hydrogen-bond acceptors (Lipinski definition) is 4. The Hall–Kier alpha value is -0.720. The molecule has 0 aliphatic rings. The van der Waals surface area contributed by atoms with Crippen LogP contribution >= 0.6 is 22.0 Å². The number of hydrogen-bond donors (Lipinski definition) is 2. The van der Waals surface area contributed by atoms with E-state index in [2.05, 4.69) is 27.7 Å². The lowest BCUT2D eigenvalue weighted by Crippen LogP contribution is -2.22. The van der Waals surface area contributed by atoms with Crippen LogP contribution in [0.2, 0.25) is 0 Å². The SMILES string of the molecule is CC(C)c1ccccc1CN(SSN(Cc1ccccc1C(C)C)S(=O)O)S(=O)O. The largest absolute Gasteiger partial charge is 0.293 e. The van der Waals surface area contributed by atoms with Gasteiger partial charge in [0.2, 0.25) is 22.5 Å². The van der Waals surface area contributed by atoms with Gasteiger partial charge in [0, 0.05) is 22.0 Å². The summed E-state index contributed by atoms with van der Waals surface area (Å²) in [5, 5.41) is 0. The summed E-state index contributed by atoms with van der Waals surface area (Å²) in [6.45, 7) is 8.77. The summed E-state index contributed by atoms with van der Waals surface area (Å²) in [4.78, 5) is 0. The van der Waals surface area contributed by atoms with Gasteiger partial charge in [-0.05, 0) is 34.1 Å². The molecule has 0 heterocycles. The van der Waals surface area contributed by atoms with Gasteiger partial charge < -0.3 is 0 Å². The minimum atomic E-state index is -2.24. The predicted molar refractivity (Wildman–Crippen MR) is 129 cm³/mol. The van der Waals surface area contributed by atoms with Gasteiger partial charge in [-0.1, -0.05) is 76.2 Å². The van der Waals surface area contributed by atoms with Crippen LogP contribution < -0.4 is 0 Å². The molecule has 0 fully saturated rings. The molecule has 2 aromatic rings. The van der Waals surface area contributed by atoms with E-state index in [0.717, 1.165) is 44.2 Å². The van der Waals surface area contributed by atoms with Gasteiger partial charge in [-0.25, -0.2) is 8.42 Å². The third-order valence-electron chi connectivity index (χ3n) is 4.50. The van der Waals surface area contributed by atoms with Crippen molar-refractivity contribution in [3.05, 3.63) is 70.8 Å². The Morgan fingerprint density at radius 1 is 0.733 bits per heavy atom. The molecule has 2 rings (SSSR count). The second kappa shape index (κ2) is 12.4. The topological polar surface area (TPSA) is 81.1 Å². The van der Waals surface area contributed by atoms with E-state index in [9.17, 15) is 17.5 Å². The Bertz CT molecular complexity index is 808. The molecule has 166 valence electrons. The fraction of sp³-hybridized carbons (Fsp3) is 0.400. The van der Waals surface area contributed by atoms with Crippen molar-refractivity contribution in [1.29, 1.82) is 0 Å². The smallest absolute Gasteiger partial charge is 0.245 e. The van der Waals surface area contributed by atoms with Crippen molar-refractivity contribution < 1.29 is 17.5 Å². The second-order valence-corrected chi connectivity index (χ2v) is 11.6. The highest BCUT2D eigenvalue weighted by atomic mass is 33.1. The maximum atomic E-state index is 11.9. The van der Waals surface area contributed by atoms with Gasteiger partial charge in [0.25, 0.3) is 0 Å². The maximum Gasteiger partial charge on any atom is 0.245 e. The molecule has 0 spiro atoms. The molecular formula is C20H28N2O4S4. The standard InChI is InChI=1S/C20H28N2O4S4/c1-15(2)19-11-7-5-9-17(19)13-21(29(23)24)27-28-22(30(25)26)14-18-10-6-8-12-20(18)16(3)4/h5-12,15-16H,13-14H2,1-4H3,(H,23,24)(H,25,26). The lowest BCUT2D eigenvalue weighted by Gasteiger charge is -2.23. The molecule has 2 aromatic carbocycles. The molecular weight excluding hydrogens is 460 g/mol. The van der Waals surface area contributed by atoms with Crippen molar-refractivity contribution in [2.45, 2.75) is 52.6 Å². The second-order valence-electron chi connectivity index (χ2n) is 7.30. The first-order chi connectivity index (χ1) is 14.2. The normalized spacial score (nSPS) is 14.1. The minimum Gasteiger partial charge on any atom is -0.293 e. The first-order valence-electron chi connectivity index (χ1n) is 9.48. The average Bonchev–Trinajstić information content (AvgIpc) is 2.69. The van der Waals surface area contributed by atoms with Gasteiger partial charge in [-0.3, -0.25) is 9.11 Å². The van der Waals surface area contributed by atoms with E-state index >= 15 is 0 Å². The molecule has 0 saturated carbocycles. The van der Waals surface area contributed by atoms with Crippen molar-refractivity contribution in [1.82, 2.24) is 7.42 Å². The van der Waals surface area contributed by atoms with Crippen LogP contribution in [0, 0.1) is 0 Å². The van der Waals surface area contributed by atoms with E-state index in [1.54, 1.807) is 0 Å². The third-order valence-corrected chi connectivity index (χ3v) is 9.17. The summed E-state index contributed by atoms with van der Waals surface area (Å²) in [6.07, 6.45) is 0. The molecule has 0 radical (unpaired) electrons. The van der Waals surface area contributed by atoms with Crippen LogP contribution in [0.4, 0.5) is 0 Å². The van der Waals surface area contributed by atoms with Crippen molar-refractivity contribution in [2.75, 3.05) is 0 Å². The van der Waals surface area contributed by atoms with Gasteiger partial charge in [0.15, 0.2) is 0 Å². The van der Waals surface area contributed by atoms with Crippen molar-refractivity contribution in [2.24, 2.45) is 0 Å². The number of benzene rings is 2. The fourth-order valence-corrected chi connectivity index (χ4v) is 6.69. The number of rotatable bonds is 11. The van der Waals surface area contributed by atoms with Crippen molar-refractivity contribution in [3.63, 3.8) is 0 Å². The van der Waals surface area contributed by atoms with E-state index in [0.29, 0.717) is 0 Å². The highest BCUT2D eigenvalue weighted by molar-refractivity contribution is 8.76. The lowest BCUT2D eigenvalue weighted by atomic mass is 9.97. The maximum absolute atomic E-state index is 11.9. The highest BCUT2D eigenvalue weighted by Gasteiger charge is 2.22. The Morgan fingerprint density at radius 2 is 1.07 bits per heavy atom. The van der Waals surface area contributed by atoms with E-state index in [1.165, 1.54) is 7.42 Å². The summed E-state index contributed by atoms with van der Waals surface area (Å²) in [7, 11) is 1.98. The van der Waals surface area contributed by atoms with E-state index < -0.39 is 22.5 Å². The van der Waals surface area contributed by atoms with Crippen LogP contribution in [0.5, 0.6) is 0 Å². The average molecular weight is 489 g/mol. The zero-order chi connectivity index (χ0) is 22.3. The predicted octanol–water partition coefficient (Wildman–Crippen LogP) is 5.72. The Kier molecular flexibility index (Phi) is 10.5. The molecule has 0 aliphatic carbocycles. The first kappa shape index (κ1) is 25.5. The Balaban J connectivity index is 2.14. The summed E-state index contributed by atoms with van der Waals surface area (Å²) in [6, 6.07) is 15.6. The van der Waals surface area contributed by atoms with E-state index in [-0.39, 0.29) is 24.9 Å². The summed E-state index contributed by atoms with van der Waals surface area (Å²) < 4.78 is 46.0. The third kappa shape index (κ3) is 7.45. The van der Waals surface area contributed by atoms with Gasteiger partial charge >= 0.3 is 0 Å². The summed E-state index contributed by atoms with van der Waals surface area (Å²) >= 11 is -4.49. The molecule has 2 atom stereocenters. The molecule has 0 bridgehead atoms. The Labute approximate surface area is 192 Å². The molecule has 6 nitrogen and oxygen atoms in total. The molecule has 30 heavy (non-hydrogen) atoms. The zero-order valence-corrected chi connectivity index (χ0v) is 20.7. The van der Waals surface area contributed by atoms with Gasteiger partial charge in [0.1, 0.15) is 0 Å². The zero-order valence-electron chi connectivity index (χ0n) is 17.4. The molecule has 0 aliphatic heterocycles. The summed E-state index contributed by atoms with van der Waals surface area (Å²) in [5.41, 5.74) is 4.11. The Morgan fingerprint density at radius 3 is 1.37 bits per heavy atom. The van der Waals surface area contributed by atoms with Crippen molar-refractivity contribution >= 4 is 44.5 Å². The van der Waals surface area contributed by atoms with Crippen LogP contribution in [-0.2, 0) is 35.6 Å². The van der Waals surface area contributed by atoms with Crippen LogP contribution in [0.3, 0.4) is 0 Å². The van der Waals surface area contributed by atoms with Crippen molar-refractivity contribution in [3.8, 4) is 0 Å². The van der Waals surface area contributed by atoms with Crippen LogP contribution in [0.25, 0.3) is 0 Å². The van der Waals surface area contributed by atoms with Gasteiger partial charge in [-0.15, -0.1) is 7.42 Å². The molecule has 2 unspecified atom stereocenters. The van der Waals surface area contributed by atoms with Crippen LogP contribution in [0.15, 0.2) is 48.5 Å². The van der Waals surface area contributed by atoms with E-state index in [1.807, 2.05) is 48.5 Å². The molecule has 0 amide bonds. The van der Waals surface area contributed by atoms with Crippen LogP contribution in [0.1, 0.15) is 61.8 Å². The van der Waals surface area contributed by atoms with Gasteiger partial charge in [-0.2, -0.15) is 0 Å². The monoisotopic (exact) mass is 488 g/mol. The molecule has 0 aromatic heterocycles. The fourth-order valence-electron chi connectivity index (χ4n) is 3.05. The van der Waals surface area contributed by atoms with E-state index in [4.69, 9.17) is 0 Å². The molecule has 10 heteroatoms. The lowest BCUT2D eigenvalue weighted by molar-refractivity contribution is 0.505. The molecule has 2 N–H and O–H groups in total. The molecule has 0 saturated heterocycles. The number of nitrogens with zero attached hydrogens (tertiary/aromatic N) is 2. The minimum absolute atomic E-state index is 0.240. The highest BCUT2D eigenvalue weighted by Crippen LogP contribution is 2.35.